The van der Waals surface area contributed by atoms with Crippen molar-refractivity contribution in [1.82, 2.24) is 0 Å². The van der Waals surface area contributed by atoms with Crippen LogP contribution in [0.25, 0.3) is 0 Å². The highest BCUT2D eigenvalue weighted by Crippen LogP contribution is 2.05. The Kier molecular flexibility index (Phi) is 14.4. The van der Waals surface area contributed by atoms with Gasteiger partial charge in [0.25, 0.3) is 0 Å². The second kappa shape index (κ2) is 13.1. The lowest BCUT2D eigenvalue weighted by Gasteiger charge is -2.01. The van der Waals surface area contributed by atoms with E-state index in [1.54, 1.807) is 0 Å². The van der Waals surface area contributed by atoms with Crippen LogP contribution in [0.15, 0.2) is 12.2 Å². The van der Waals surface area contributed by atoms with Crippen LogP contribution in [-0.4, -0.2) is 48.2 Å². The van der Waals surface area contributed by atoms with Gasteiger partial charge in [0.05, 0.1) is 20.3 Å². The number of carbonyl (C=O) groups is 1. The fraction of sp³-hybridized carbons (Fsp3) is 0.700. The van der Waals surface area contributed by atoms with Crippen molar-refractivity contribution < 1.29 is 24.9 Å². The number of aliphatic hydroxyl groups excluding tert-OH is 3. The molecule has 0 fully saturated rings. The molecule has 0 heterocycles. The van der Waals surface area contributed by atoms with Crippen LogP contribution in [0.2, 0.25) is 0 Å². The van der Waals surface area contributed by atoms with Crippen molar-refractivity contribution in [2.75, 3.05) is 26.9 Å². The Morgan fingerprint density at radius 2 is 1.67 bits per heavy atom. The van der Waals surface area contributed by atoms with Crippen LogP contribution in [-0.2, 0) is 9.53 Å². The van der Waals surface area contributed by atoms with Crippen LogP contribution in [0.1, 0.15) is 19.3 Å². The van der Waals surface area contributed by atoms with E-state index >= 15 is 0 Å². The Hall–Kier alpha value is -0.910. The highest BCUT2D eigenvalue weighted by molar-refractivity contribution is 5.87. The third-order valence-corrected chi connectivity index (χ3v) is 1.46. The first-order valence-corrected chi connectivity index (χ1v) is 4.72. The Bertz CT molecular complexity index is 165. The molecular formula is C10H20O5. The van der Waals surface area contributed by atoms with E-state index in [2.05, 4.69) is 11.3 Å². The maximum Gasteiger partial charge on any atom is 0.333 e. The Balaban J connectivity index is 0. The summed E-state index contributed by atoms with van der Waals surface area (Å²) in [4.78, 5) is 10.7. The fourth-order valence-corrected chi connectivity index (χ4v) is 0.697. The molecule has 0 radical (unpaired) electrons. The van der Waals surface area contributed by atoms with E-state index in [0.29, 0.717) is 18.4 Å². The molecule has 0 aliphatic rings. The first kappa shape index (κ1) is 16.5. The maximum absolute atomic E-state index is 10.7. The molecule has 90 valence electrons. The van der Waals surface area contributed by atoms with E-state index in [9.17, 15) is 4.79 Å². The molecule has 0 saturated carbocycles. The van der Waals surface area contributed by atoms with Crippen LogP contribution < -0.4 is 0 Å². The van der Waals surface area contributed by atoms with Crippen LogP contribution in [0.4, 0.5) is 0 Å². The number of carbonyl (C=O) groups excluding carboxylic acids is 1. The lowest BCUT2D eigenvalue weighted by molar-refractivity contribution is -0.136. The highest BCUT2D eigenvalue weighted by Gasteiger charge is 2.04. The van der Waals surface area contributed by atoms with Gasteiger partial charge in [-0.1, -0.05) is 6.58 Å². The number of aliphatic hydroxyl groups is 3. The number of hydrogen-bond donors (Lipinski definition) is 3. The summed E-state index contributed by atoms with van der Waals surface area (Å²) in [6.45, 7) is 3.45. The average molecular weight is 220 g/mol. The summed E-state index contributed by atoms with van der Waals surface area (Å²) in [6.07, 6.45) is 2.09. The number of rotatable bonds is 6. The van der Waals surface area contributed by atoms with Crippen molar-refractivity contribution in [3.63, 3.8) is 0 Å². The van der Waals surface area contributed by atoms with Gasteiger partial charge in [-0.25, -0.2) is 4.79 Å². The van der Waals surface area contributed by atoms with Gasteiger partial charge < -0.3 is 20.1 Å². The summed E-state index contributed by atoms with van der Waals surface area (Å²) in [5.41, 5.74) is 0.473. The molecule has 5 heteroatoms. The minimum absolute atomic E-state index is 0.125. The fourth-order valence-electron chi connectivity index (χ4n) is 0.697. The van der Waals surface area contributed by atoms with Gasteiger partial charge in [-0.2, -0.15) is 0 Å². The minimum Gasteiger partial charge on any atom is -0.466 e. The Labute approximate surface area is 90.0 Å². The third kappa shape index (κ3) is 13.1. The van der Waals surface area contributed by atoms with Crippen molar-refractivity contribution in [1.29, 1.82) is 0 Å². The van der Waals surface area contributed by atoms with Gasteiger partial charge in [0, 0.05) is 12.2 Å². The van der Waals surface area contributed by atoms with Gasteiger partial charge in [-0.05, 0) is 19.3 Å². The van der Waals surface area contributed by atoms with E-state index in [1.165, 1.54) is 7.11 Å². The molecule has 0 amide bonds. The molecule has 0 atom stereocenters. The summed E-state index contributed by atoms with van der Waals surface area (Å²) in [7, 11) is 1.33. The smallest absolute Gasteiger partial charge is 0.333 e. The Morgan fingerprint density at radius 3 is 2.00 bits per heavy atom. The summed E-state index contributed by atoms with van der Waals surface area (Å²) >= 11 is 0. The van der Waals surface area contributed by atoms with E-state index in [1.807, 2.05) is 0 Å². The van der Waals surface area contributed by atoms with Gasteiger partial charge in [-0.3, -0.25) is 0 Å². The first-order chi connectivity index (χ1) is 7.13. The highest BCUT2D eigenvalue weighted by atomic mass is 16.5. The molecule has 0 rings (SSSR count). The first-order valence-electron chi connectivity index (χ1n) is 4.72. The molecule has 5 nitrogen and oxygen atoms in total. The van der Waals surface area contributed by atoms with Crippen molar-refractivity contribution >= 4 is 5.97 Å². The maximum atomic E-state index is 10.7. The summed E-state index contributed by atoms with van der Waals surface area (Å²) in [5.74, 6) is -0.358. The molecular weight excluding hydrogens is 200 g/mol. The average Bonchev–Trinajstić information content (AvgIpc) is 2.28. The van der Waals surface area contributed by atoms with Crippen molar-refractivity contribution in [3.8, 4) is 0 Å². The molecule has 0 aromatic carbocycles. The number of ether oxygens (including phenoxy) is 1. The van der Waals surface area contributed by atoms with E-state index in [0.717, 1.165) is 6.42 Å². The molecule has 3 N–H and O–H groups in total. The van der Waals surface area contributed by atoms with E-state index in [4.69, 9.17) is 15.3 Å². The van der Waals surface area contributed by atoms with Crippen molar-refractivity contribution in [3.05, 3.63) is 12.2 Å². The normalized spacial score (nSPS) is 8.80. The number of methoxy groups -OCH3 is 1. The summed E-state index contributed by atoms with van der Waals surface area (Å²) < 4.78 is 4.44. The van der Waals surface area contributed by atoms with Crippen LogP contribution in [0.5, 0.6) is 0 Å². The van der Waals surface area contributed by atoms with Gasteiger partial charge >= 0.3 is 5.97 Å². The lowest BCUT2D eigenvalue weighted by atomic mass is 10.1. The van der Waals surface area contributed by atoms with Gasteiger partial charge in [-0.15, -0.1) is 0 Å². The molecule has 0 aromatic rings. The van der Waals surface area contributed by atoms with Gasteiger partial charge in [0.2, 0.25) is 0 Å². The van der Waals surface area contributed by atoms with E-state index in [-0.39, 0.29) is 25.8 Å². The topological polar surface area (TPSA) is 87.0 Å². The molecule has 0 saturated heterocycles. The van der Waals surface area contributed by atoms with Gasteiger partial charge in [0.15, 0.2) is 0 Å². The zero-order chi connectivity index (χ0) is 12.1. The largest absolute Gasteiger partial charge is 0.466 e. The lowest BCUT2D eigenvalue weighted by Crippen LogP contribution is -2.03. The molecule has 0 aromatic heterocycles. The van der Waals surface area contributed by atoms with Crippen LogP contribution in [0, 0.1) is 0 Å². The standard InChI is InChI=1S/C8H14O3.C2H6O2/c1-7(8(10)11-2)5-3-4-6-9;3-1-2-4/h9H,1,3-6H2,2H3;3-4H,1-2H2. The number of esters is 1. The SMILES string of the molecule is C=C(CCCCO)C(=O)OC.OCCO. The predicted octanol–water partition coefficient (Wildman–Crippen LogP) is -0.151. The molecule has 15 heavy (non-hydrogen) atoms. The quantitative estimate of drug-likeness (QED) is 0.329. The minimum atomic E-state index is -0.358. The molecule has 0 bridgehead atoms. The molecule has 0 spiro atoms. The second-order valence-electron chi connectivity index (χ2n) is 2.72. The second-order valence-corrected chi connectivity index (χ2v) is 2.72. The molecule has 0 unspecified atom stereocenters. The Morgan fingerprint density at radius 1 is 1.13 bits per heavy atom. The monoisotopic (exact) mass is 220 g/mol. The van der Waals surface area contributed by atoms with Crippen molar-refractivity contribution in [2.45, 2.75) is 19.3 Å². The van der Waals surface area contributed by atoms with Crippen LogP contribution in [0.3, 0.4) is 0 Å². The predicted molar refractivity (Wildman–Crippen MR) is 56.3 cm³/mol. The number of unbranched alkanes of at least 4 members (excludes halogenated alkanes) is 1. The summed E-state index contributed by atoms with van der Waals surface area (Å²) in [5, 5.41) is 23.7. The van der Waals surface area contributed by atoms with E-state index < -0.39 is 0 Å². The third-order valence-electron chi connectivity index (χ3n) is 1.46. The van der Waals surface area contributed by atoms with Crippen LogP contribution >= 0.6 is 0 Å². The summed E-state index contributed by atoms with van der Waals surface area (Å²) in [6, 6.07) is 0. The van der Waals surface area contributed by atoms with Crippen molar-refractivity contribution in [2.24, 2.45) is 0 Å². The zero-order valence-electron chi connectivity index (χ0n) is 9.11. The molecule has 0 aliphatic heterocycles. The zero-order valence-corrected chi connectivity index (χ0v) is 9.11. The van der Waals surface area contributed by atoms with Gasteiger partial charge in [0.1, 0.15) is 0 Å². The molecule has 0 aliphatic carbocycles. The number of hydrogen-bond acceptors (Lipinski definition) is 5.